The highest BCUT2D eigenvalue weighted by atomic mass is 19.1. The molecule has 0 bridgehead atoms. The Morgan fingerprint density at radius 1 is 0.810 bits per heavy atom. The molecule has 1 fully saturated rings. The zero-order chi connectivity index (χ0) is 28.6. The molecule has 0 aliphatic carbocycles. The number of imidazole rings is 1. The molecule has 3 aromatic heterocycles. The Balaban J connectivity index is 1.11. The minimum atomic E-state index is -0.368. The number of aromatic nitrogens is 4. The number of amides is 1. The van der Waals surface area contributed by atoms with Crippen LogP contribution in [0.25, 0.3) is 21.9 Å². The van der Waals surface area contributed by atoms with Crippen molar-refractivity contribution in [3.8, 4) is 0 Å². The van der Waals surface area contributed by atoms with Crippen molar-refractivity contribution < 1.29 is 13.6 Å². The van der Waals surface area contributed by atoms with Crippen LogP contribution in [0.3, 0.4) is 0 Å². The van der Waals surface area contributed by atoms with Gasteiger partial charge in [0.15, 0.2) is 0 Å². The Labute approximate surface area is 241 Å². The number of piperidine rings is 1. The maximum absolute atomic E-state index is 14.0. The number of hydrogen-bond donors (Lipinski definition) is 0. The van der Waals surface area contributed by atoms with E-state index in [2.05, 4.69) is 15.6 Å². The number of fused-ring (bicyclic) bond motifs is 2. The third-order valence-electron chi connectivity index (χ3n) is 8.22. The highest BCUT2D eigenvalue weighted by Crippen LogP contribution is 2.32. The second-order valence-corrected chi connectivity index (χ2v) is 10.9. The molecule has 0 saturated carbocycles. The third kappa shape index (κ3) is 4.93. The van der Waals surface area contributed by atoms with E-state index in [1.165, 1.54) is 18.3 Å². The van der Waals surface area contributed by atoms with E-state index < -0.39 is 0 Å². The van der Waals surface area contributed by atoms with E-state index in [0.29, 0.717) is 31.7 Å². The second kappa shape index (κ2) is 10.9. The topological polar surface area (TPSA) is 56.0 Å². The molecule has 4 heterocycles. The number of nitrogens with zero attached hydrogens (tertiary/aromatic N) is 5. The monoisotopic (exact) mass is 561 g/mol. The lowest BCUT2D eigenvalue weighted by atomic mass is 9.95. The lowest BCUT2D eigenvalue weighted by Gasteiger charge is -2.32. The smallest absolute Gasteiger partial charge is 0.254 e. The molecule has 1 amide bonds. The predicted molar refractivity (Wildman–Crippen MR) is 158 cm³/mol. The molecule has 0 atom stereocenters. The molecule has 0 N–H and O–H groups in total. The molecule has 0 unspecified atom stereocenters. The molecule has 8 heteroatoms. The van der Waals surface area contributed by atoms with Gasteiger partial charge < -0.3 is 14.0 Å². The summed E-state index contributed by atoms with van der Waals surface area (Å²) in [7, 11) is 0. The van der Waals surface area contributed by atoms with Crippen LogP contribution < -0.4 is 0 Å². The van der Waals surface area contributed by atoms with Crippen LogP contribution >= 0.6 is 0 Å². The number of hydrogen-bond acceptors (Lipinski definition) is 3. The van der Waals surface area contributed by atoms with Gasteiger partial charge in [0.2, 0.25) is 0 Å². The third-order valence-corrected chi connectivity index (χ3v) is 8.22. The molecule has 1 saturated heterocycles. The fraction of sp³-hybridized carbons (Fsp3) is 0.206. The number of likely N-dealkylation sites (tertiary alicyclic amines) is 1. The minimum Gasteiger partial charge on any atom is -0.343 e. The summed E-state index contributed by atoms with van der Waals surface area (Å²) in [5, 5.41) is 0.880. The van der Waals surface area contributed by atoms with Gasteiger partial charge in [0.25, 0.3) is 5.91 Å². The first-order chi connectivity index (χ1) is 20.5. The van der Waals surface area contributed by atoms with E-state index in [1.54, 1.807) is 18.3 Å². The van der Waals surface area contributed by atoms with Gasteiger partial charge in [0, 0.05) is 61.0 Å². The summed E-state index contributed by atoms with van der Waals surface area (Å²) >= 11 is 0. The normalized spacial score (nSPS) is 14.2. The van der Waals surface area contributed by atoms with E-state index in [1.807, 2.05) is 64.2 Å². The average molecular weight is 562 g/mol. The van der Waals surface area contributed by atoms with E-state index in [0.717, 1.165) is 51.7 Å². The highest BCUT2D eigenvalue weighted by Gasteiger charge is 2.29. The molecular weight excluding hydrogens is 532 g/mol. The van der Waals surface area contributed by atoms with Crippen LogP contribution in [0.15, 0.2) is 97.5 Å². The van der Waals surface area contributed by atoms with Gasteiger partial charge in [-0.05, 0) is 72.5 Å². The lowest BCUT2D eigenvalue weighted by Crippen LogP contribution is -2.38. The van der Waals surface area contributed by atoms with Gasteiger partial charge in [-0.1, -0.05) is 30.3 Å². The van der Waals surface area contributed by atoms with Crippen molar-refractivity contribution in [3.05, 3.63) is 132 Å². The predicted octanol–water partition coefficient (Wildman–Crippen LogP) is 6.78. The van der Waals surface area contributed by atoms with Crippen LogP contribution in [0.5, 0.6) is 0 Å². The second-order valence-electron chi connectivity index (χ2n) is 10.9. The maximum atomic E-state index is 14.0. The molecule has 0 radical (unpaired) electrons. The van der Waals surface area contributed by atoms with Gasteiger partial charge in [-0.3, -0.25) is 9.78 Å². The molecular formula is C34H29F2N5O. The van der Waals surface area contributed by atoms with Gasteiger partial charge in [-0.2, -0.15) is 0 Å². The van der Waals surface area contributed by atoms with Crippen LogP contribution in [0, 0.1) is 11.6 Å². The van der Waals surface area contributed by atoms with Crippen molar-refractivity contribution in [3.63, 3.8) is 0 Å². The number of carbonyl (C=O) groups excluding carboxylic acids is 1. The van der Waals surface area contributed by atoms with Crippen LogP contribution in [-0.2, 0) is 13.1 Å². The Morgan fingerprint density at radius 2 is 1.60 bits per heavy atom. The highest BCUT2D eigenvalue weighted by molar-refractivity contribution is 6.06. The minimum absolute atomic E-state index is 0.0116. The standard InChI is InChI=1S/C34H29F2N5O/c35-26-6-3-5-23(17-26)22-41-32-9-2-1-8-30(32)38-33(41)25-11-14-39(15-12-25)34(42)29-7-4-10-31-28(29)13-16-40(31)21-24-18-27(36)20-37-19-24/h1-10,13,16-20,25H,11-12,14-15,21-22H2. The van der Waals surface area contributed by atoms with Crippen molar-refractivity contribution in [1.82, 2.24) is 24.0 Å². The number of benzene rings is 3. The van der Waals surface area contributed by atoms with E-state index in [9.17, 15) is 13.6 Å². The molecule has 1 aliphatic heterocycles. The summed E-state index contributed by atoms with van der Waals surface area (Å²) in [5.74, 6) is 0.567. The molecule has 6 nitrogen and oxygen atoms in total. The molecule has 6 aromatic rings. The Morgan fingerprint density at radius 3 is 2.43 bits per heavy atom. The zero-order valence-electron chi connectivity index (χ0n) is 23.0. The van der Waals surface area contributed by atoms with Crippen molar-refractivity contribution in [2.75, 3.05) is 13.1 Å². The van der Waals surface area contributed by atoms with E-state index >= 15 is 0 Å². The SMILES string of the molecule is O=C(c1cccc2c1ccn2Cc1cncc(F)c1)N1CCC(c2nc3ccccc3n2Cc2cccc(F)c2)CC1. The quantitative estimate of drug-likeness (QED) is 0.225. The molecule has 42 heavy (non-hydrogen) atoms. The molecule has 3 aromatic carbocycles. The first-order valence-electron chi connectivity index (χ1n) is 14.2. The van der Waals surface area contributed by atoms with E-state index in [-0.39, 0.29) is 23.5 Å². The Hall–Kier alpha value is -4.85. The van der Waals surface area contributed by atoms with Gasteiger partial charge in [0.05, 0.1) is 17.2 Å². The number of rotatable bonds is 6. The van der Waals surface area contributed by atoms with Crippen LogP contribution in [0.1, 0.15) is 46.1 Å². The summed E-state index contributed by atoms with van der Waals surface area (Å²) in [6, 6.07) is 23.9. The first kappa shape index (κ1) is 26.1. The first-order valence-corrected chi connectivity index (χ1v) is 14.2. The van der Waals surface area contributed by atoms with Gasteiger partial charge in [-0.15, -0.1) is 0 Å². The Kier molecular flexibility index (Phi) is 6.74. The molecule has 0 spiro atoms. The van der Waals surface area contributed by atoms with Gasteiger partial charge in [0.1, 0.15) is 17.5 Å². The molecule has 210 valence electrons. The number of pyridine rings is 1. The van der Waals surface area contributed by atoms with Crippen LogP contribution in [0.4, 0.5) is 8.78 Å². The Bertz CT molecular complexity index is 1920. The van der Waals surface area contributed by atoms with Crippen molar-refractivity contribution in [2.24, 2.45) is 0 Å². The zero-order valence-corrected chi connectivity index (χ0v) is 23.0. The lowest BCUT2D eigenvalue weighted by molar-refractivity contribution is 0.0712. The fourth-order valence-corrected chi connectivity index (χ4v) is 6.19. The molecule has 7 rings (SSSR count). The van der Waals surface area contributed by atoms with Crippen LogP contribution in [-0.4, -0.2) is 43.0 Å². The summed E-state index contributed by atoms with van der Waals surface area (Å²) in [6.07, 6.45) is 6.36. The maximum Gasteiger partial charge on any atom is 0.254 e. The van der Waals surface area contributed by atoms with Crippen molar-refractivity contribution >= 4 is 27.8 Å². The summed E-state index contributed by atoms with van der Waals surface area (Å²) < 4.78 is 31.8. The van der Waals surface area contributed by atoms with Gasteiger partial charge >= 0.3 is 0 Å². The van der Waals surface area contributed by atoms with Gasteiger partial charge in [-0.25, -0.2) is 13.8 Å². The summed E-state index contributed by atoms with van der Waals surface area (Å²) in [6.45, 7) is 2.25. The van der Waals surface area contributed by atoms with Crippen LogP contribution in [0.2, 0.25) is 0 Å². The van der Waals surface area contributed by atoms with E-state index in [4.69, 9.17) is 4.98 Å². The average Bonchev–Trinajstić information content (AvgIpc) is 3.58. The summed E-state index contributed by atoms with van der Waals surface area (Å²) in [5.41, 5.74) is 5.19. The number of carbonyl (C=O) groups is 1. The number of halogens is 2. The molecule has 1 aliphatic rings. The largest absolute Gasteiger partial charge is 0.343 e. The summed E-state index contributed by atoms with van der Waals surface area (Å²) in [4.78, 5) is 24.6. The fourth-order valence-electron chi connectivity index (χ4n) is 6.19. The number of para-hydroxylation sites is 2. The van der Waals surface area contributed by atoms with Crippen molar-refractivity contribution in [2.45, 2.75) is 31.8 Å². The van der Waals surface area contributed by atoms with Crippen molar-refractivity contribution in [1.29, 1.82) is 0 Å².